The van der Waals surface area contributed by atoms with E-state index in [9.17, 15) is 0 Å². The molecule has 0 saturated heterocycles. The number of nitrogens with two attached hydrogens (primary N) is 1. The average Bonchev–Trinajstić information content (AvgIpc) is 3.07. The molecule has 2 N–H and O–H groups in total. The normalized spacial score (nSPS) is 15.4. The summed E-state index contributed by atoms with van der Waals surface area (Å²) in [5.74, 6) is 0. The lowest BCUT2D eigenvalue weighted by Crippen LogP contribution is -2.11. The molecule has 0 bridgehead atoms. The third kappa shape index (κ3) is 1.94. The van der Waals surface area contributed by atoms with Crippen LogP contribution in [-0.2, 0) is 12.8 Å². The molecular formula is C17H16N2S. The van der Waals surface area contributed by atoms with Crippen molar-refractivity contribution in [1.82, 2.24) is 4.98 Å². The van der Waals surface area contributed by atoms with Crippen molar-refractivity contribution in [3.8, 4) is 0 Å². The molecule has 2 nitrogen and oxygen atoms in total. The predicted molar refractivity (Wildman–Crippen MR) is 84.1 cm³/mol. The van der Waals surface area contributed by atoms with E-state index in [1.54, 1.807) is 11.3 Å². The minimum atomic E-state index is -0.102. The zero-order chi connectivity index (χ0) is 13.5. The van der Waals surface area contributed by atoms with Gasteiger partial charge in [0, 0.05) is 4.88 Å². The molecule has 1 aromatic heterocycles. The Morgan fingerprint density at radius 3 is 2.75 bits per heavy atom. The number of aromatic nitrogens is 1. The average molecular weight is 280 g/mol. The Kier molecular flexibility index (Phi) is 2.83. The van der Waals surface area contributed by atoms with Crippen LogP contribution in [0, 0.1) is 0 Å². The predicted octanol–water partition coefficient (Wildman–Crippen LogP) is 3.83. The maximum atomic E-state index is 6.42. The van der Waals surface area contributed by atoms with Gasteiger partial charge in [0.1, 0.15) is 5.01 Å². The maximum Gasteiger partial charge on any atom is 0.114 e. The summed E-state index contributed by atoms with van der Waals surface area (Å²) in [4.78, 5) is 6.18. The lowest BCUT2D eigenvalue weighted by molar-refractivity contribution is 0.835. The van der Waals surface area contributed by atoms with Gasteiger partial charge in [-0.2, -0.15) is 0 Å². The Hall–Kier alpha value is -1.71. The third-order valence-corrected chi connectivity index (χ3v) is 5.25. The Balaban J connectivity index is 1.73. The molecule has 0 saturated carbocycles. The van der Waals surface area contributed by atoms with Crippen LogP contribution in [0.2, 0.25) is 0 Å². The Bertz CT molecular complexity index is 754. The van der Waals surface area contributed by atoms with Crippen molar-refractivity contribution in [1.29, 1.82) is 0 Å². The molecule has 0 spiro atoms. The molecule has 0 radical (unpaired) electrons. The number of hydrogen-bond acceptors (Lipinski definition) is 3. The van der Waals surface area contributed by atoms with Crippen molar-refractivity contribution in [2.75, 3.05) is 0 Å². The molecular weight excluding hydrogens is 264 g/mol. The van der Waals surface area contributed by atoms with E-state index in [-0.39, 0.29) is 6.04 Å². The van der Waals surface area contributed by atoms with Crippen LogP contribution in [0.1, 0.15) is 33.6 Å². The molecule has 2 aromatic carbocycles. The fourth-order valence-corrected chi connectivity index (χ4v) is 4.07. The smallest absolute Gasteiger partial charge is 0.114 e. The Morgan fingerprint density at radius 1 is 1.05 bits per heavy atom. The van der Waals surface area contributed by atoms with E-state index in [1.165, 1.54) is 34.2 Å². The monoisotopic (exact) mass is 280 g/mol. The van der Waals surface area contributed by atoms with E-state index in [0.717, 1.165) is 17.0 Å². The SMILES string of the molecule is NC(c1ccc2ccccc2c1)c1nc2c(s1)CCC2. The fourth-order valence-electron chi connectivity index (χ4n) is 2.89. The number of nitrogens with zero attached hydrogens (tertiary/aromatic N) is 1. The first-order chi connectivity index (χ1) is 9.81. The Morgan fingerprint density at radius 2 is 1.90 bits per heavy atom. The molecule has 1 unspecified atom stereocenters. The van der Waals surface area contributed by atoms with Gasteiger partial charge in [0.05, 0.1) is 11.7 Å². The van der Waals surface area contributed by atoms with E-state index in [4.69, 9.17) is 10.7 Å². The molecule has 3 heteroatoms. The van der Waals surface area contributed by atoms with Crippen LogP contribution < -0.4 is 5.73 Å². The van der Waals surface area contributed by atoms with Crippen LogP contribution in [0.5, 0.6) is 0 Å². The Labute approximate surface area is 122 Å². The van der Waals surface area contributed by atoms with Gasteiger partial charge in [0.15, 0.2) is 0 Å². The molecule has 20 heavy (non-hydrogen) atoms. The second-order valence-corrected chi connectivity index (χ2v) is 6.47. The molecule has 4 rings (SSSR count). The minimum absolute atomic E-state index is 0.102. The van der Waals surface area contributed by atoms with Crippen LogP contribution >= 0.6 is 11.3 Å². The molecule has 1 heterocycles. The van der Waals surface area contributed by atoms with Crippen LogP contribution in [0.25, 0.3) is 10.8 Å². The molecule has 1 atom stereocenters. The standard InChI is InChI=1S/C17H16N2S/c18-16(17-19-14-6-3-7-15(14)20-17)13-9-8-11-4-1-2-5-12(11)10-13/h1-2,4-5,8-10,16H,3,6-7,18H2. The van der Waals surface area contributed by atoms with E-state index >= 15 is 0 Å². The van der Waals surface area contributed by atoms with Crippen LogP contribution in [0.3, 0.4) is 0 Å². The lowest BCUT2D eigenvalue weighted by atomic mass is 10.0. The first kappa shape index (κ1) is 12.1. The maximum absolute atomic E-state index is 6.42. The molecule has 0 amide bonds. The van der Waals surface area contributed by atoms with E-state index in [1.807, 2.05) is 0 Å². The highest BCUT2D eigenvalue weighted by Crippen LogP contribution is 2.32. The fraction of sp³-hybridized carbons (Fsp3) is 0.235. The highest BCUT2D eigenvalue weighted by atomic mass is 32.1. The second kappa shape index (κ2) is 4.69. The topological polar surface area (TPSA) is 38.9 Å². The zero-order valence-corrected chi connectivity index (χ0v) is 12.0. The van der Waals surface area contributed by atoms with Crippen molar-refractivity contribution >= 4 is 22.1 Å². The summed E-state index contributed by atoms with van der Waals surface area (Å²) in [6.07, 6.45) is 3.55. The number of rotatable bonds is 2. The van der Waals surface area contributed by atoms with Gasteiger partial charge in [0.2, 0.25) is 0 Å². The van der Waals surface area contributed by atoms with Gasteiger partial charge in [-0.15, -0.1) is 11.3 Å². The number of thiazole rings is 1. The minimum Gasteiger partial charge on any atom is -0.318 e. The van der Waals surface area contributed by atoms with E-state index in [2.05, 4.69) is 42.5 Å². The summed E-state index contributed by atoms with van der Waals surface area (Å²) in [7, 11) is 0. The molecule has 100 valence electrons. The highest BCUT2D eigenvalue weighted by Gasteiger charge is 2.20. The first-order valence-corrected chi connectivity index (χ1v) is 7.86. The summed E-state index contributed by atoms with van der Waals surface area (Å²) < 4.78 is 0. The molecule has 1 aliphatic rings. The highest BCUT2D eigenvalue weighted by molar-refractivity contribution is 7.11. The summed E-state index contributed by atoms with van der Waals surface area (Å²) in [5.41, 5.74) is 8.84. The van der Waals surface area contributed by atoms with Crippen molar-refractivity contribution in [3.05, 3.63) is 63.6 Å². The molecule has 0 aliphatic heterocycles. The molecule has 1 aliphatic carbocycles. The third-order valence-electron chi connectivity index (χ3n) is 4.01. The number of benzene rings is 2. The number of fused-ring (bicyclic) bond motifs is 2. The van der Waals surface area contributed by atoms with Crippen molar-refractivity contribution in [3.63, 3.8) is 0 Å². The van der Waals surface area contributed by atoms with Gasteiger partial charge >= 0.3 is 0 Å². The number of hydrogen-bond donors (Lipinski definition) is 1. The van der Waals surface area contributed by atoms with E-state index in [0.29, 0.717) is 0 Å². The van der Waals surface area contributed by atoms with Crippen molar-refractivity contribution in [2.24, 2.45) is 5.73 Å². The van der Waals surface area contributed by atoms with Crippen LogP contribution in [-0.4, -0.2) is 4.98 Å². The van der Waals surface area contributed by atoms with Crippen LogP contribution in [0.15, 0.2) is 42.5 Å². The van der Waals surface area contributed by atoms with E-state index < -0.39 is 0 Å². The summed E-state index contributed by atoms with van der Waals surface area (Å²) in [5, 5.41) is 3.56. The summed E-state index contributed by atoms with van der Waals surface area (Å²) in [6.45, 7) is 0. The zero-order valence-electron chi connectivity index (χ0n) is 11.2. The largest absolute Gasteiger partial charge is 0.318 e. The van der Waals surface area contributed by atoms with Gasteiger partial charge in [-0.25, -0.2) is 4.98 Å². The quantitative estimate of drug-likeness (QED) is 0.774. The first-order valence-electron chi connectivity index (χ1n) is 7.04. The summed E-state index contributed by atoms with van der Waals surface area (Å²) >= 11 is 1.79. The molecule has 3 aromatic rings. The number of aryl methyl sites for hydroxylation is 2. The van der Waals surface area contributed by atoms with Crippen LogP contribution in [0.4, 0.5) is 0 Å². The van der Waals surface area contributed by atoms with Gasteiger partial charge in [-0.1, -0.05) is 36.4 Å². The van der Waals surface area contributed by atoms with Gasteiger partial charge < -0.3 is 5.73 Å². The van der Waals surface area contributed by atoms with Gasteiger partial charge in [0.25, 0.3) is 0 Å². The second-order valence-electron chi connectivity index (χ2n) is 5.36. The van der Waals surface area contributed by atoms with Crippen molar-refractivity contribution < 1.29 is 0 Å². The van der Waals surface area contributed by atoms with Gasteiger partial charge in [-0.3, -0.25) is 0 Å². The van der Waals surface area contributed by atoms with Gasteiger partial charge in [-0.05, 0) is 41.7 Å². The lowest BCUT2D eigenvalue weighted by Gasteiger charge is -2.10. The van der Waals surface area contributed by atoms with Crippen molar-refractivity contribution in [2.45, 2.75) is 25.3 Å². The molecule has 0 fully saturated rings. The summed E-state index contributed by atoms with van der Waals surface area (Å²) in [6, 6.07) is 14.7.